The zero-order chi connectivity index (χ0) is 19.7. The number of benzene rings is 2. The van der Waals surface area contributed by atoms with Crippen LogP contribution in [0.1, 0.15) is 0 Å². The molecule has 2 N–H and O–H groups in total. The smallest absolute Gasteiger partial charge is 0.413 e. The largest absolute Gasteiger partial charge is 0.457 e. The first kappa shape index (κ1) is 18.1. The number of hydrogen-bond donors (Lipinski definition) is 2. The molecule has 0 spiro atoms. The van der Waals surface area contributed by atoms with Crippen LogP contribution < -0.4 is 15.0 Å². The van der Waals surface area contributed by atoms with Crippen molar-refractivity contribution in [3.63, 3.8) is 0 Å². The first-order chi connectivity index (χ1) is 13.5. The Balaban J connectivity index is 1.44. The molecule has 1 amide bonds. The number of carbonyl (C=O) groups is 1. The molecule has 2 aromatic carbocycles. The Morgan fingerprint density at radius 2 is 1.93 bits per heavy atom. The van der Waals surface area contributed by atoms with Gasteiger partial charge in [0, 0.05) is 31.9 Å². The second kappa shape index (κ2) is 7.40. The minimum Gasteiger partial charge on any atom is -0.457 e. The Hall–Kier alpha value is -3.26. The maximum absolute atomic E-state index is 11.3. The van der Waals surface area contributed by atoms with Gasteiger partial charge in [0.15, 0.2) is 0 Å². The number of aromatic nitrogens is 2. The molecule has 8 heteroatoms. The molecule has 1 fully saturated rings. The van der Waals surface area contributed by atoms with Crippen molar-refractivity contribution < 1.29 is 14.3 Å². The molecule has 1 aliphatic heterocycles. The molecular weight excluding hydrogens is 358 g/mol. The van der Waals surface area contributed by atoms with Gasteiger partial charge in [-0.1, -0.05) is 0 Å². The van der Waals surface area contributed by atoms with Crippen LogP contribution in [-0.4, -0.2) is 61.3 Å². The van der Waals surface area contributed by atoms with Crippen LogP contribution in [0.2, 0.25) is 0 Å². The minimum atomic E-state index is -0.575. The van der Waals surface area contributed by atoms with Gasteiger partial charge in [0.25, 0.3) is 0 Å². The van der Waals surface area contributed by atoms with Gasteiger partial charge in [0.05, 0.1) is 24.2 Å². The monoisotopic (exact) mass is 381 g/mol. The van der Waals surface area contributed by atoms with Crippen molar-refractivity contribution in [2.45, 2.75) is 6.04 Å². The highest BCUT2D eigenvalue weighted by atomic mass is 16.5. The third-order valence-corrected chi connectivity index (χ3v) is 4.93. The molecule has 0 bridgehead atoms. The molecular formula is C20H23N5O3. The van der Waals surface area contributed by atoms with Crippen molar-refractivity contribution in [1.29, 1.82) is 0 Å². The minimum absolute atomic E-state index is 0.327. The molecule has 8 nitrogen and oxygen atoms in total. The Morgan fingerprint density at radius 1 is 1.21 bits per heavy atom. The molecule has 2 heterocycles. The summed E-state index contributed by atoms with van der Waals surface area (Å²) in [6, 6.07) is 14.2. The maximum atomic E-state index is 11.3. The molecule has 0 saturated carbocycles. The molecule has 0 unspecified atom stereocenters. The van der Waals surface area contributed by atoms with Crippen molar-refractivity contribution in [3.05, 3.63) is 42.5 Å². The van der Waals surface area contributed by atoms with Gasteiger partial charge in [-0.2, -0.15) is 0 Å². The van der Waals surface area contributed by atoms with Crippen LogP contribution in [0, 0.1) is 0 Å². The predicted octanol–water partition coefficient (Wildman–Crippen LogP) is 3.28. The van der Waals surface area contributed by atoms with E-state index in [1.807, 2.05) is 30.3 Å². The summed E-state index contributed by atoms with van der Waals surface area (Å²) in [5.74, 6) is 1.77. The zero-order valence-corrected chi connectivity index (χ0v) is 16.1. The number of hydrogen-bond acceptors (Lipinski definition) is 6. The van der Waals surface area contributed by atoms with Gasteiger partial charge in [-0.05, 0) is 43.4 Å². The third-order valence-electron chi connectivity index (χ3n) is 4.93. The van der Waals surface area contributed by atoms with Crippen LogP contribution in [0.3, 0.4) is 0 Å². The summed E-state index contributed by atoms with van der Waals surface area (Å²) in [5.41, 5.74) is 2.66. The van der Waals surface area contributed by atoms with Crippen LogP contribution in [-0.2, 0) is 4.74 Å². The number of methoxy groups -OCH3 is 1. The van der Waals surface area contributed by atoms with Crippen molar-refractivity contribution in [2.24, 2.45) is 0 Å². The van der Waals surface area contributed by atoms with Crippen LogP contribution in [0.15, 0.2) is 42.5 Å². The van der Waals surface area contributed by atoms with Crippen LogP contribution in [0.25, 0.3) is 11.0 Å². The normalized spacial score (nSPS) is 14.5. The quantitative estimate of drug-likeness (QED) is 0.706. The lowest BCUT2D eigenvalue weighted by atomic mass is 10.1. The zero-order valence-electron chi connectivity index (χ0n) is 16.1. The molecule has 0 radical (unpaired) electrons. The molecule has 1 aromatic heterocycles. The molecule has 3 aromatic rings. The number of amides is 1. The second-order valence-corrected chi connectivity index (χ2v) is 6.96. The Kier molecular flexibility index (Phi) is 4.79. The number of anilines is 2. The Morgan fingerprint density at radius 3 is 2.61 bits per heavy atom. The van der Waals surface area contributed by atoms with E-state index in [0.29, 0.717) is 17.7 Å². The summed E-state index contributed by atoms with van der Waals surface area (Å²) in [7, 11) is 5.56. The average molecular weight is 381 g/mol. The molecule has 4 rings (SSSR count). The molecule has 28 heavy (non-hydrogen) atoms. The van der Waals surface area contributed by atoms with Gasteiger partial charge in [-0.3, -0.25) is 5.32 Å². The summed E-state index contributed by atoms with van der Waals surface area (Å²) >= 11 is 0. The number of aromatic amines is 1. The lowest BCUT2D eigenvalue weighted by Crippen LogP contribution is -2.56. The Labute approximate surface area is 163 Å². The third kappa shape index (κ3) is 3.72. The highest BCUT2D eigenvalue weighted by Crippen LogP contribution is 2.28. The van der Waals surface area contributed by atoms with E-state index >= 15 is 0 Å². The number of nitrogens with one attached hydrogen (secondary N) is 2. The highest BCUT2D eigenvalue weighted by molar-refractivity contribution is 5.86. The van der Waals surface area contributed by atoms with Gasteiger partial charge >= 0.3 is 6.09 Å². The summed E-state index contributed by atoms with van der Waals surface area (Å²) in [6.45, 7) is 2.18. The number of ether oxygens (including phenoxy) is 2. The van der Waals surface area contributed by atoms with E-state index in [4.69, 9.17) is 4.74 Å². The number of imidazole rings is 1. The molecule has 0 aliphatic carbocycles. The molecule has 0 atom stereocenters. The lowest BCUT2D eigenvalue weighted by molar-refractivity contribution is 0.186. The summed E-state index contributed by atoms with van der Waals surface area (Å²) in [4.78, 5) is 23.2. The predicted molar refractivity (Wildman–Crippen MR) is 108 cm³/mol. The first-order valence-electron chi connectivity index (χ1n) is 9.06. The number of fused-ring (bicyclic) bond motifs is 1. The van der Waals surface area contributed by atoms with Gasteiger partial charge < -0.3 is 24.3 Å². The van der Waals surface area contributed by atoms with Gasteiger partial charge in [-0.15, -0.1) is 0 Å². The van der Waals surface area contributed by atoms with Gasteiger partial charge in [0.1, 0.15) is 11.5 Å². The Bertz CT molecular complexity index is 979. The fourth-order valence-corrected chi connectivity index (χ4v) is 3.27. The number of H-pyrrole nitrogens is 1. The van der Waals surface area contributed by atoms with E-state index in [1.165, 1.54) is 12.8 Å². The fraction of sp³-hybridized carbons (Fsp3) is 0.300. The number of nitrogens with zero attached hydrogens (tertiary/aromatic N) is 3. The van der Waals surface area contributed by atoms with Crippen molar-refractivity contribution in [2.75, 3.05) is 44.5 Å². The molecule has 146 valence electrons. The van der Waals surface area contributed by atoms with E-state index in [2.05, 4.69) is 56.0 Å². The van der Waals surface area contributed by atoms with Crippen molar-refractivity contribution in [3.8, 4) is 11.5 Å². The van der Waals surface area contributed by atoms with Crippen LogP contribution >= 0.6 is 0 Å². The SMILES string of the molecule is COC(=O)Nc1nc2ccc(Oc3ccc(N(C)C4CN(C)C4)cc3)cc2[nH]1. The van der Waals surface area contributed by atoms with E-state index in [1.54, 1.807) is 0 Å². The van der Waals surface area contributed by atoms with E-state index in [9.17, 15) is 4.79 Å². The maximum Gasteiger partial charge on any atom is 0.413 e. The summed E-state index contributed by atoms with van der Waals surface area (Å²) in [6.07, 6.45) is -0.575. The van der Waals surface area contributed by atoms with E-state index in [-0.39, 0.29) is 0 Å². The second-order valence-electron chi connectivity index (χ2n) is 6.96. The van der Waals surface area contributed by atoms with Gasteiger partial charge in [-0.25, -0.2) is 9.78 Å². The highest BCUT2D eigenvalue weighted by Gasteiger charge is 2.27. The van der Waals surface area contributed by atoms with E-state index < -0.39 is 6.09 Å². The van der Waals surface area contributed by atoms with E-state index in [0.717, 1.165) is 29.9 Å². The first-order valence-corrected chi connectivity index (χ1v) is 9.06. The van der Waals surface area contributed by atoms with Crippen LogP contribution in [0.5, 0.6) is 11.5 Å². The number of likely N-dealkylation sites (N-methyl/N-ethyl adjacent to an activating group) is 2. The standard InChI is InChI=1S/C20H23N5O3/c1-24-11-14(12-24)25(2)13-4-6-15(7-5-13)28-16-8-9-17-18(10-16)22-19(21-17)23-20(26)27-3/h4-10,14H,11-12H2,1-3H3,(H2,21,22,23,26). The molecule has 1 aliphatic rings. The topological polar surface area (TPSA) is 82.7 Å². The van der Waals surface area contributed by atoms with Crippen LogP contribution in [0.4, 0.5) is 16.4 Å². The average Bonchev–Trinajstić information content (AvgIpc) is 3.07. The number of carbonyl (C=O) groups excluding carboxylic acids is 1. The number of rotatable bonds is 5. The summed E-state index contributed by atoms with van der Waals surface area (Å²) < 4.78 is 10.5. The lowest BCUT2D eigenvalue weighted by Gasteiger charge is -2.43. The van der Waals surface area contributed by atoms with Gasteiger partial charge in [0.2, 0.25) is 5.95 Å². The fourth-order valence-electron chi connectivity index (χ4n) is 3.27. The van der Waals surface area contributed by atoms with Crippen molar-refractivity contribution in [1.82, 2.24) is 14.9 Å². The number of likely N-dealkylation sites (tertiary alicyclic amines) is 1. The summed E-state index contributed by atoms with van der Waals surface area (Å²) in [5, 5.41) is 2.51. The van der Waals surface area contributed by atoms with Crippen molar-refractivity contribution >= 4 is 28.8 Å². The molecule has 1 saturated heterocycles.